The molecule has 0 fully saturated rings. The maximum atomic E-state index is 5.39. The highest BCUT2D eigenvalue weighted by Crippen LogP contribution is 2.18. The summed E-state index contributed by atoms with van der Waals surface area (Å²) in [4.78, 5) is 10.0. The van der Waals surface area contributed by atoms with Gasteiger partial charge in [-0.15, -0.1) is 12.3 Å². The van der Waals surface area contributed by atoms with Gasteiger partial charge in [0.15, 0.2) is 28.8 Å². The van der Waals surface area contributed by atoms with Crippen LogP contribution >= 0.6 is 23.0 Å². The maximum Gasteiger partial charge on any atom is 0.192 e. The van der Waals surface area contributed by atoms with Gasteiger partial charge in [-0.25, -0.2) is 5.48 Å². The minimum Gasteiger partial charge on any atom is -0.427 e. The predicted molar refractivity (Wildman–Crippen MR) is 87.9 cm³/mol. The number of allylic oxidation sites excluding steroid dienone is 5. The van der Waals surface area contributed by atoms with Crippen LogP contribution < -0.4 is 5.48 Å². The molecule has 0 radical (unpaired) electrons. The Morgan fingerprint density at radius 1 is 1.40 bits per heavy atom. The first-order valence-corrected chi connectivity index (χ1v) is 7.17. The Morgan fingerprint density at radius 2 is 2.20 bits per heavy atom. The third-order valence-electron chi connectivity index (χ3n) is 2.83. The average Bonchev–Trinajstić information content (AvgIpc) is 2.45. The molecule has 104 valence electrons. The van der Waals surface area contributed by atoms with Crippen LogP contribution in [0.5, 0.6) is 0 Å². The zero-order valence-corrected chi connectivity index (χ0v) is 13.0. The van der Waals surface area contributed by atoms with Crippen LogP contribution in [0.1, 0.15) is 12.8 Å². The van der Waals surface area contributed by atoms with E-state index < -0.39 is 0 Å². The molecule has 1 heterocycles. The topological polar surface area (TPSA) is 42.8 Å². The van der Waals surface area contributed by atoms with Gasteiger partial charge in [-0.3, -0.25) is 9.83 Å². The number of hydroxylamine groups is 1. The lowest BCUT2D eigenvalue weighted by Crippen LogP contribution is -2.36. The molecular formula is C15H15IN2O2. The third-order valence-corrected chi connectivity index (χ3v) is 3.30. The number of hydrogen-bond acceptors (Lipinski definition) is 4. The number of halogens is 1. The quantitative estimate of drug-likeness (QED) is 0.601. The van der Waals surface area contributed by atoms with Gasteiger partial charge in [-0.05, 0) is 18.6 Å². The summed E-state index contributed by atoms with van der Waals surface area (Å²) in [6, 6.07) is 0.0728. The molecule has 0 spiro atoms. The first kappa shape index (κ1) is 14.9. The number of nitrogens with zero attached hydrogens (tertiary/aromatic N) is 1. The van der Waals surface area contributed by atoms with Crippen molar-refractivity contribution in [3.05, 3.63) is 47.8 Å². The molecule has 2 rings (SSSR count). The van der Waals surface area contributed by atoms with Crippen molar-refractivity contribution in [2.75, 3.05) is 6.61 Å². The first-order valence-electron chi connectivity index (χ1n) is 6.29. The van der Waals surface area contributed by atoms with E-state index in [1.807, 2.05) is 59.5 Å². The van der Waals surface area contributed by atoms with Gasteiger partial charge in [0, 0.05) is 6.42 Å². The summed E-state index contributed by atoms with van der Waals surface area (Å²) < 4.78 is 5.38. The van der Waals surface area contributed by atoms with E-state index in [9.17, 15) is 0 Å². The summed E-state index contributed by atoms with van der Waals surface area (Å²) in [7, 11) is 0. The van der Waals surface area contributed by atoms with E-state index in [0.29, 0.717) is 18.9 Å². The zero-order valence-electron chi connectivity index (χ0n) is 10.9. The lowest BCUT2D eigenvalue weighted by Gasteiger charge is -2.22. The lowest BCUT2D eigenvalue weighted by molar-refractivity contribution is 0.0609. The van der Waals surface area contributed by atoms with Crippen LogP contribution in [-0.2, 0) is 7.90 Å². The Kier molecular flexibility index (Phi) is 5.89. The zero-order chi connectivity index (χ0) is 14.2. The van der Waals surface area contributed by atoms with E-state index in [0.717, 1.165) is 17.8 Å². The molecule has 1 aliphatic heterocycles. The largest absolute Gasteiger partial charge is 0.427 e. The highest BCUT2D eigenvalue weighted by atomic mass is 127. The van der Waals surface area contributed by atoms with Gasteiger partial charge in [0.25, 0.3) is 0 Å². The third kappa shape index (κ3) is 3.99. The highest BCUT2D eigenvalue weighted by Gasteiger charge is 2.19. The molecule has 1 aliphatic carbocycles. The summed E-state index contributed by atoms with van der Waals surface area (Å²) in [5, 5.41) is 0. The number of rotatable bonds is 4. The second-order valence-corrected chi connectivity index (χ2v) is 4.69. The minimum absolute atomic E-state index is 0.0728. The van der Waals surface area contributed by atoms with Gasteiger partial charge in [-0.1, -0.05) is 24.3 Å². The van der Waals surface area contributed by atoms with Gasteiger partial charge in [0.2, 0.25) is 0 Å². The van der Waals surface area contributed by atoms with Gasteiger partial charge in [0.1, 0.15) is 5.76 Å². The Bertz CT molecular complexity index is 539. The molecule has 0 aromatic heterocycles. The van der Waals surface area contributed by atoms with Crippen molar-refractivity contribution >= 4 is 28.8 Å². The van der Waals surface area contributed by atoms with Crippen molar-refractivity contribution in [2.45, 2.75) is 18.9 Å². The fourth-order valence-electron chi connectivity index (χ4n) is 1.83. The Labute approximate surface area is 133 Å². The summed E-state index contributed by atoms with van der Waals surface area (Å²) in [5.74, 6) is 4.02. The fraction of sp³-hybridized carbons (Fsp3) is 0.267. The number of amidine groups is 1. The number of aliphatic imine (C=N–C) groups is 1. The molecule has 0 aromatic rings. The van der Waals surface area contributed by atoms with Gasteiger partial charge < -0.3 is 3.07 Å². The number of nitrogens with one attached hydrogen (secondary N) is 1. The van der Waals surface area contributed by atoms with Gasteiger partial charge in [0.05, 0.1) is 18.2 Å². The van der Waals surface area contributed by atoms with E-state index in [1.165, 1.54) is 0 Å². The maximum absolute atomic E-state index is 5.39. The molecule has 0 aromatic carbocycles. The van der Waals surface area contributed by atoms with Crippen LogP contribution in [0.3, 0.4) is 0 Å². The molecular weight excluding hydrogens is 367 g/mol. The van der Waals surface area contributed by atoms with E-state index >= 15 is 0 Å². The Hall–Kier alpha value is -1.52. The molecule has 2 aliphatic rings. The molecule has 20 heavy (non-hydrogen) atoms. The Morgan fingerprint density at radius 3 is 2.95 bits per heavy atom. The van der Waals surface area contributed by atoms with E-state index in [-0.39, 0.29) is 6.04 Å². The molecule has 1 unspecified atom stereocenters. The molecule has 0 amide bonds. The monoisotopic (exact) mass is 382 g/mol. The average molecular weight is 382 g/mol. The highest BCUT2D eigenvalue weighted by molar-refractivity contribution is 14.1. The second kappa shape index (κ2) is 7.92. The molecule has 0 saturated heterocycles. The summed E-state index contributed by atoms with van der Waals surface area (Å²) in [5.41, 5.74) is 3.71. The summed E-state index contributed by atoms with van der Waals surface area (Å²) in [6.45, 7) is 0.526. The van der Waals surface area contributed by atoms with Crippen LogP contribution in [-0.4, -0.2) is 18.5 Å². The molecule has 4 nitrogen and oxygen atoms in total. The molecule has 1 atom stereocenters. The van der Waals surface area contributed by atoms with Crippen molar-refractivity contribution in [2.24, 2.45) is 4.99 Å². The van der Waals surface area contributed by atoms with E-state index in [1.54, 1.807) is 0 Å². The van der Waals surface area contributed by atoms with Gasteiger partial charge in [-0.2, -0.15) is 0 Å². The molecule has 1 N–H and O–H groups in total. The van der Waals surface area contributed by atoms with Crippen molar-refractivity contribution in [3.63, 3.8) is 0 Å². The van der Waals surface area contributed by atoms with Crippen LogP contribution in [0.25, 0.3) is 0 Å². The second-order valence-electron chi connectivity index (χ2n) is 4.25. The SMILES string of the molecule is C#CCCC1CONC(C2=C(OI)/C=C\C=C/C=C\2)=N1. The van der Waals surface area contributed by atoms with Crippen LogP contribution in [0, 0.1) is 12.3 Å². The fourth-order valence-corrected chi connectivity index (χ4v) is 2.22. The van der Waals surface area contributed by atoms with Crippen LogP contribution in [0.4, 0.5) is 0 Å². The Balaban J connectivity index is 2.27. The number of hydrogen-bond donors (Lipinski definition) is 1. The van der Waals surface area contributed by atoms with E-state index in [2.05, 4.69) is 16.4 Å². The minimum atomic E-state index is 0.0728. The van der Waals surface area contributed by atoms with Crippen LogP contribution in [0.15, 0.2) is 52.8 Å². The van der Waals surface area contributed by atoms with Crippen molar-refractivity contribution < 1.29 is 7.90 Å². The van der Waals surface area contributed by atoms with Gasteiger partial charge >= 0.3 is 0 Å². The normalized spacial score (nSPS) is 30.0. The lowest BCUT2D eigenvalue weighted by atomic mass is 10.1. The molecule has 0 bridgehead atoms. The predicted octanol–water partition coefficient (Wildman–Crippen LogP) is 3.00. The van der Waals surface area contributed by atoms with Crippen molar-refractivity contribution in [1.29, 1.82) is 0 Å². The molecule has 0 saturated carbocycles. The van der Waals surface area contributed by atoms with Crippen molar-refractivity contribution in [3.8, 4) is 12.3 Å². The van der Waals surface area contributed by atoms with Crippen LogP contribution in [0.2, 0.25) is 0 Å². The van der Waals surface area contributed by atoms with Crippen molar-refractivity contribution in [1.82, 2.24) is 5.48 Å². The standard InChI is InChI=1S/C15H15IN2O2/c1-2-3-8-12-11-19-18-15(17-12)13-9-6-4-5-7-10-14(13)20-16/h1,4-7,9-10,12H,3,8,11H2,(H,17,18)/b5-4-,6-4?,7-5?,9-6-,10-7-,13-9?,14-10?,14-13-. The van der Waals surface area contributed by atoms with E-state index in [4.69, 9.17) is 14.3 Å². The summed E-state index contributed by atoms with van der Waals surface area (Å²) >= 11 is 1.86. The smallest absolute Gasteiger partial charge is 0.192 e. The molecule has 5 heteroatoms. The first-order chi connectivity index (χ1) is 9.85. The number of terminal acetylenes is 1. The summed E-state index contributed by atoms with van der Waals surface area (Å²) in [6.07, 6.45) is 18.4.